The fourth-order valence-corrected chi connectivity index (χ4v) is 5.16. The molecule has 34 heavy (non-hydrogen) atoms. The van der Waals surface area contributed by atoms with E-state index in [1.807, 2.05) is 36.4 Å². The maximum Gasteiger partial charge on any atom is 0.143 e. The standard InChI is InChI=1S/C30H30O3S/c1-31-27(23-34-29-21-13-12-20-28(29)32-2)22-33-30(24-14-6-3-7-15-24,25-16-8-4-9-17-25)26-18-10-5-11-19-26/h3-21,27H,22-23H2,1-2H3/t27-/m1/s1. The van der Waals surface area contributed by atoms with Crippen molar-refractivity contribution in [2.75, 3.05) is 26.6 Å². The van der Waals surface area contributed by atoms with Gasteiger partial charge >= 0.3 is 0 Å². The molecule has 0 heterocycles. The summed E-state index contributed by atoms with van der Waals surface area (Å²) in [6.45, 7) is 0.428. The lowest BCUT2D eigenvalue weighted by Crippen LogP contribution is -2.36. The molecule has 1 atom stereocenters. The molecule has 0 aliphatic rings. The summed E-state index contributed by atoms with van der Waals surface area (Å²) in [4.78, 5) is 1.09. The Balaban J connectivity index is 1.65. The first-order valence-corrected chi connectivity index (χ1v) is 12.4. The molecule has 0 amide bonds. The number of hydrogen-bond donors (Lipinski definition) is 0. The second-order valence-electron chi connectivity index (χ2n) is 7.91. The van der Waals surface area contributed by atoms with Gasteiger partial charge in [0.1, 0.15) is 11.4 Å². The van der Waals surface area contributed by atoms with Crippen molar-refractivity contribution >= 4 is 11.8 Å². The molecule has 0 saturated heterocycles. The Labute approximate surface area is 206 Å². The summed E-state index contributed by atoms with van der Waals surface area (Å²) < 4.78 is 18.3. The molecular weight excluding hydrogens is 440 g/mol. The van der Waals surface area contributed by atoms with Gasteiger partial charge in [0.2, 0.25) is 0 Å². The van der Waals surface area contributed by atoms with Crippen LogP contribution in [0.4, 0.5) is 0 Å². The highest BCUT2D eigenvalue weighted by Crippen LogP contribution is 2.41. The predicted molar refractivity (Wildman–Crippen MR) is 140 cm³/mol. The van der Waals surface area contributed by atoms with Crippen LogP contribution in [-0.2, 0) is 15.1 Å². The summed E-state index contributed by atoms with van der Waals surface area (Å²) in [5, 5.41) is 0. The molecule has 0 aliphatic carbocycles. The maximum absolute atomic E-state index is 6.92. The molecule has 3 nitrogen and oxygen atoms in total. The largest absolute Gasteiger partial charge is 0.496 e. The fourth-order valence-electron chi connectivity index (χ4n) is 4.09. The zero-order valence-electron chi connectivity index (χ0n) is 19.6. The molecule has 4 rings (SSSR count). The van der Waals surface area contributed by atoms with E-state index in [1.165, 1.54) is 0 Å². The Morgan fingerprint density at radius 1 is 0.647 bits per heavy atom. The van der Waals surface area contributed by atoms with Gasteiger partial charge < -0.3 is 14.2 Å². The quantitative estimate of drug-likeness (QED) is 0.178. The van der Waals surface area contributed by atoms with Crippen molar-refractivity contribution in [2.24, 2.45) is 0 Å². The third-order valence-electron chi connectivity index (χ3n) is 5.85. The third kappa shape index (κ3) is 5.36. The summed E-state index contributed by atoms with van der Waals surface area (Å²) in [5.74, 6) is 1.61. The van der Waals surface area contributed by atoms with Crippen molar-refractivity contribution in [3.63, 3.8) is 0 Å². The van der Waals surface area contributed by atoms with E-state index in [1.54, 1.807) is 26.0 Å². The van der Waals surface area contributed by atoms with Crippen molar-refractivity contribution in [3.05, 3.63) is 132 Å². The summed E-state index contributed by atoms with van der Waals surface area (Å²) in [7, 11) is 3.44. The van der Waals surface area contributed by atoms with Crippen molar-refractivity contribution in [2.45, 2.75) is 16.6 Å². The van der Waals surface area contributed by atoms with Gasteiger partial charge in [-0.3, -0.25) is 0 Å². The van der Waals surface area contributed by atoms with Crippen molar-refractivity contribution in [3.8, 4) is 5.75 Å². The molecule has 174 valence electrons. The van der Waals surface area contributed by atoms with E-state index in [2.05, 4.69) is 78.9 Å². The minimum Gasteiger partial charge on any atom is -0.496 e. The predicted octanol–water partition coefficient (Wildman–Crippen LogP) is 6.81. The molecule has 4 aromatic rings. The minimum atomic E-state index is -0.754. The average Bonchev–Trinajstić information content (AvgIpc) is 2.92. The Kier molecular flexibility index (Phi) is 8.42. The van der Waals surface area contributed by atoms with Crippen molar-refractivity contribution in [1.29, 1.82) is 0 Å². The van der Waals surface area contributed by atoms with Gasteiger partial charge in [-0.05, 0) is 28.8 Å². The topological polar surface area (TPSA) is 27.7 Å². The number of thioether (sulfide) groups is 1. The number of ether oxygens (including phenoxy) is 3. The van der Waals surface area contributed by atoms with Crippen LogP contribution in [0.5, 0.6) is 5.75 Å². The van der Waals surface area contributed by atoms with Crippen molar-refractivity contribution in [1.82, 2.24) is 0 Å². The van der Waals surface area contributed by atoms with Crippen LogP contribution in [0, 0.1) is 0 Å². The van der Waals surface area contributed by atoms with E-state index in [9.17, 15) is 0 Å². The number of methoxy groups -OCH3 is 2. The first-order chi connectivity index (χ1) is 16.8. The second kappa shape index (κ2) is 11.9. The monoisotopic (exact) mass is 470 g/mol. The van der Waals surface area contributed by atoms with E-state index in [-0.39, 0.29) is 6.10 Å². The molecule has 0 unspecified atom stereocenters. The van der Waals surface area contributed by atoms with Gasteiger partial charge in [0.05, 0.1) is 19.8 Å². The molecule has 0 saturated carbocycles. The van der Waals surface area contributed by atoms with Gasteiger partial charge in [-0.1, -0.05) is 103 Å². The zero-order valence-corrected chi connectivity index (χ0v) is 20.4. The highest BCUT2D eigenvalue weighted by molar-refractivity contribution is 7.99. The number of hydrogen-bond acceptors (Lipinski definition) is 4. The van der Waals surface area contributed by atoms with Gasteiger partial charge in [0, 0.05) is 17.8 Å². The van der Waals surface area contributed by atoms with Crippen LogP contribution >= 0.6 is 11.8 Å². The Hall–Kier alpha value is -3.05. The minimum absolute atomic E-state index is 0.106. The van der Waals surface area contributed by atoms with E-state index >= 15 is 0 Å². The lowest BCUT2D eigenvalue weighted by molar-refractivity contribution is -0.0438. The van der Waals surface area contributed by atoms with Crippen LogP contribution in [0.2, 0.25) is 0 Å². The van der Waals surface area contributed by atoms with Gasteiger partial charge in [0.15, 0.2) is 0 Å². The Morgan fingerprint density at radius 3 is 1.59 bits per heavy atom. The summed E-state index contributed by atoms with van der Waals surface area (Å²) in [6, 6.07) is 39.3. The van der Waals surface area contributed by atoms with Crippen LogP contribution in [-0.4, -0.2) is 32.7 Å². The van der Waals surface area contributed by atoms with E-state index in [0.29, 0.717) is 6.61 Å². The van der Waals surface area contributed by atoms with Crippen LogP contribution in [0.1, 0.15) is 16.7 Å². The van der Waals surface area contributed by atoms with Crippen LogP contribution < -0.4 is 4.74 Å². The van der Waals surface area contributed by atoms with E-state index in [4.69, 9.17) is 14.2 Å². The van der Waals surface area contributed by atoms with Gasteiger partial charge in [-0.25, -0.2) is 0 Å². The summed E-state index contributed by atoms with van der Waals surface area (Å²) in [6.07, 6.45) is -0.106. The molecule has 4 aromatic carbocycles. The highest BCUT2D eigenvalue weighted by atomic mass is 32.2. The Morgan fingerprint density at radius 2 is 1.12 bits per heavy atom. The average molecular weight is 471 g/mol. The molecule has 0 bridgehead atoms. The van der Waals surface area contributed by atoms with Gasteiger partial charge in [0.25, 0.3) is 0 Å². The fraction of sp³-hybridized carbons (Fsp3) is 0.200. The molecule has 0 radical (unpaired) electrons. The normalized spacial score (nSPS) is 12.3. The zero-order chi connectivity index (χ0) is 23.6. The molecule has 0 spiro atoms. The number of benzene rings is 4. The van der Waals surface area contributed by atoms with Crippen LogP contribution in [0.15, 0.2) is 120 Å². The van der Waals surface area contributed by atoms with Crippen molar-refractivity contribution < 1.29 is 14.2 Å². The lowest BCUT2D eigenvalue weighted by Gasteiger charge is -2.37. The summed E-state index contributed by atoms with van der Waals surface area (Å²) in [5.41, 5.74) is 2.49. The maximum atomic E-state index is 6.92. The van der Waals surface area contributed by atoms with Gasteiger partial charge in [-0.2, -0.15) is 0 Å². The Bertz CT molecular complexity index is 1040. The number of rotatable bonds is 11. The second-order valence-corrected chi connectivity index (χ2v) is 8.97. The first-order valence-electron chi connectivity index (χ1n) is 11.4. The number of para-hydroxylation sites is 1. The first kappa shape index (κ1) is 24.1. The highest BCUT2D eigenvalue weighted by Gasteiger charge is 2.38. The molecule has 0 fully saturated rings. The van der Waals surface area contributed by atoms with Crippen LogP contribution in [0.3, 0.4) is 0 Å². The van der Waals surface area contributed by atoms with Crippen LogP contribution in [0.25, 0.3) is 0 Å². The molecule has 4 heteroatoms. The molecule has 0 aromatic heterocycles. The smallest absolute Gasteiger partial charge is 0.143 e. The lowest BCUT2D eigenvalue weighted by atomic mass is 9.80. The third-order valence-corrected chi connectivity index (χ3v) is 7.04. The van der Waals surface area contributed by atoms with Gasteiger partial charge in [-0.15, -0.1) is 11.8 Å². The molecule has 0 aliphatic heterocycles. The molecule has 0 N–H and O–H groups in total. The summed E-state index contributed by atoms with van der Waals surface area (Å²) >= 11 is 1.71. The SMILES string of the molecule is COc1ccccc1SC[C@@H](COC(c1ccccc1)(c1ccccc1)c1ccccc1)OC. The van der Waals surface area contributed by atoms with E-state index < -0.39 is 5.60 Å². The molecular formula is C30H30O3S. The van der Waals surface area contributed by atoms with E-state index in [0.717, 1.165) is 33.1 Å².